The van der Waals surface area contributed by atoms with Crippen LogP contribution in [-0.4, -0.2) is 68.5 Å². The Morgan fingerprint density at radius 2 is 1.94 bits per heavy atom. The number of nitrogens with zero attached hydrogens (tertiary/aromatic N) is 6. The summed E-state index contributed by atoms with van der Waals surface area (Å²) in [5.74, 6) is 0.330. The Morgan fingerprint density at radius 3 is 2.71 bits per heavy atom. The normalized spacial score (nSPS) is 22.0. The second kappa shape index (κ2) is 8.52. The lowest BCUT2D eigenvalue weighted by Crippen LogP contribution is -2.48. The average molecular weight is 476 g/mol. The predicted molar refractivity (Wildman–Crippen MR) is 126 cm³/mol. The molecule has 0 aliphatic carbocycles. The highest BCUT2D eigenvalue weighted by atomic mass is 19.4. The minimum atomic E-state index is -4.22. The monoisotopic (exact) mass is 475 g/mol. The van der Waals surface area contributed by atoms with E-state index in [1.165, 1.54) is 0 Å². The number of halogens is 3. The van der Waals surface area contributed by atoms with Crippen LogP contribution in [0.15, 0.2) is 30.5 Å². The van der Waals surface area contributed by atoms with Crippen molar-refractivity contribution in [3.8, 4) is 0 Å². The number of alkyl halides is 3. The molecule has 1 N–H and O–H groups in total. The Morgan fingerprint density at radius 1 is 1.12 bits per heavy atom. The minimum absolute atomic E-state index is 0.0466. The molecule has 5 rings (SSSR count). The number of anilines is 5. The molecular formula is C23H28F3N7O. The minimum Gasteiger partial charge on any atom is -0.366 e. The van der Waals surface area contributed by atoms with Crippen LogP contribution >= 0.6 is 0 Å². The molecule has 5 heterocycles. The summed E-state index contributed by atoms with van der Waals surface area (Å²) in [5, 5.41) is 2.96. The molecule has 2 amide bonds. The average Bonchev–Trinajstić information content (AvgIpc) is 3.22. The standard InChI is InChI=1S/C23H28F3N7O/c1-30(2)20-12-16(7-9-27-20)28-22(34)33-17-8-11-31(14-17)18-5-6-19(29-21(18)33)32-10-3-4-15(13-32)23(24,25)26/h5-7,9,12,15,17H,3-4,8,10-11,13-14H2,1-2H3,(H,27,28,34)/t15?,17-/m0/s1. The molecule has 2 bridgehead atoms. The third-order valence-electron chi connectivity index (χ3n) is 6.82. The summed E-state index contributed by atoms with van der Waals surface area (Å²) < 4.78 is 40.0. The van der Waals surface area contributed by atoms with Crippen LogP contribution in [-0.2, 0) is 0 Å². The summed E-state index contributed by atoms with van der Waals surface area (Å²) in [7, 11) is 3.74. The molecule has 34 heavy (non-hydrogen) atoms. The maximum absolute atomic E-state index is 13.4. The number of pyridine rings is 2. The van der Waals surface area contributed by atoms with Gasteiger partial charge in [0.05, 0.1) is 17.6 Å². The van der Waals surface area contributed by atoms with Gasteiger partial charge in [0.2, 0.25) is 0 Å². The van der Waals surface area contributed by atoms with Gasteiger partial charge in [-0.3, -0.25) is 4.90 Å². The number of urea groups is 1. The van der Waals surface area contributed by atoms with Gasteiger partial charge < -0.3 is 20.0 Å². The van der Waals surface area contributed by atoms with Crippen LogP contribution in [0.3, 0.4) is 0 Å². The third-order valence-corrected chi connectivity index (χ3v) is 6.82. The Bertz CT molecular complexity index is 1080. The lowest BCUT2D eigenvalue weighted by molar-refractivity contribution is -0.176. The third kappa shape index (κ3) is 4.19. The zero-order valence-corrected chi connectivity index (χ0v) is 19.2. The first-order chi connectivity index (χ1) is 16.2. The summed E-state index contributed by atoms with van der Waals surface area (Å²) in [4.78, 5) is 29.8. The van der Waals surface area contributed by atoms with Crippen LogP contribution in [0.2, 0.25) is 0 Å². The van der Waals surface area contributed by atoms with E-state index in [0.717, 1.165) is 18.7 Å². The Kier molecular flexibility index (Phi) is 5.65. The van der Waals surface area contributed by atoms with E-state index in [1.807, 2.05) is 25.1 Å². The molecule has 3 aliphatic heterocycles. The first kappa shape index (κ1) is 22.5. The number of nitrogens with one attached hydrogen (secondary N) is 1. The van der Waals surface area contributed by atoms with Gasteiger partial charge in [0.25, 0.3) is 0 Å². The first-order valence-corrected chi connectivity index (χ1v) is 11.5. The smallest absolute Gasteiger partial charge is 0.366 e. The zero-order valence-electron chi connectivity index (χ0n) is 19.2. The van der Waals surface area contributed by atoms with E-state index >= 15 is 0 Å². The second-order valence-corrected chi connectivity index (χ2v) is 9.32. The molecule has 3 aliphatic rings. The molecular weight excluding hydrogens is 447 g/mol. The predicted octanol–water partition coefficient (Wildman–Crippen LogP) is 3.95. The van der Waals surface area contributed by atoms with Crippen LogP contribution in [0.5, 0.6) is 0 Å². The summed E-state index contributed by atoms with van der Waals surface area (Å²) in [5.41, 5.74) is 1.45. The maximum atomic E-state index is 13.4. The number of carbonyl (C=O) groups excluding carboxylic acids is 1. The molecule has 11 heteroatoms. The summed E-state index contributed by atoms with van der Waals surface area (Å²) in [6.07, 6.45) is -1.19. The molecule has 1 unspecified atom stereocenters. The highest BCUT2D eigenvalue weighted by molar-refractivity contribution is 6.04. The molecule has 182 valence electrons. The first-order valence-electron chi connectivity index (χ1n) is 11.5. The van der Waals surface area contributed by atoms with E-state index in [1.54, 1.807) is 34.2 Å². The van der Waals surface area contributed by atoms with E-state index in [0.29, 0.717) is 42.7 Å². The van der Waals surface area contributed by atoms with Gasteiger partial charge in [-0.2, -0.15) is 13.2 Å². The van der Waals surface area contributed by atoms with Crippen LogP contribution in [0, 0.1) is 5.92 Å². The van der Waals surface area contributed by atoms with Crippen LogP contribution in [0.4, 0.5) is 46.8 Å². The Labute approximate surface area is 196 Å². The van der Waals surface area contributed by atoms with Crippen molar-refractivity contribution in [2.75, 3.05) is 65.2 Å². The number of amides is 2. The second-order valence-electron chi connectivity index (χ2n) is 9.32. The zero-order chi connectivity index (χ0) is 24.0. The lowest BCUT2D eigenvalue weighted by Gasteiger charge is -2.38. The van der Waals surface area contributed by atoms with Crippen molar-refractivity contribution in [1.82, 2.24) is 9.97 Å². The Hall–Kier alpha value is -3.24. The topological polar surface area (TPSA) is 67.8 Å². The molecule has 2 saturated heterocycles. The molecule has 2 fully saturated rings. The van der Waals surface area contributed by atoms with Gasteiger partial charge in [-0.15, -0.1) is 0 Å². The fourth-order valence-corrected chi connectivity index (χ4v) is 5.01. The van der Waals surface area contributed by atoms with Gasteiger partial charge in [0.15, 0.2) is 5.82 Å². The largest absolute Gasteiger partial charge is 0.393 e. The van der Waals surface area contributed by atoms with Crippen molar-refractivity contribution in [3.63, 3.8) is 0 Å². The SMILES string of the molecule is CN(C)c1cc(NC(=O)N2c3nc(N4CCCC(C(F)(F)F)C4)ccc3N3CC[C@H]2C3)ccn1. The van der Waals surface area contributed by atoms with Gasteiger partial charge >= 0.3 is 12.2 Å². The van der Waals surface area contributed by atoms with Gasteiger partial charge in [-0.25, -0.2) is 14.8 Å². The van der Waals surface area contributed by atoms with Gasteiger partial charge in [-0.05, 0) is 37.5 Å². The van der Waals surface area contributed by atoms with E-state index < -0.39 is 12.1 Å². The fraction of sp³-hybridized carbons (Fsp3) is 0.522. The summed E-state index contributed by atoms with van der Waals surface area (Å²) >= 11 is 0. The molecule has 0 aromatic carbocycles. The van der Waals surface area contributed by atoms with Gasteiger partial charge in [-0.1, -0.05) is 0 Å². The fourth-order valence-electron chi connectivity index (χ4n) is 5.01. The number of fused-ring (bicyclic) bond motifs is 4. The maximum Gasteiger partial charge on any atom is 0.393 e. The van der Waals surface area contributed by atoms with E-state index in [2.05, 4.69) is 15.2 Å². The van der Waals surface area contributed by atoms with Crippen molar-refractivity contribution in [2.24, 2.45) is 5.92 Å². The number of aromatic nitrogens is 2. The number of hydrogen-bond donors (Lipinski definition) is 1. The van der Waals surface area contributed by atoms with Crippen LogP contribution in [0.1, 0.15) is 19.3 Å². The summed E-state index contributed by atoms with van der Waals surface area (Å²) in [6.45, 7) is 1.92. The molecule has 0 saturated carbocycles. The van der Waals surface area contributed by atoms with Crippen molar-refractivity contribution < 1.29 is 18.0 Å². The van der Waals surface area contributed by atoms with Gasteiger partial charge in [0, 0.05) is 58.2 Å². The van der Waals surface area contributed by atoms with Crippen molar-refractivity contribution in [2.45, 2.75) is 31.5 Å². The van der Waals surface area contributed by atoms with E-state index in [-0.39, 0.29) is 25.0 Å². The molecule has 2 atom stereocenters. The quantitative estimate of drug-likeness (QED) is 0.725. The number of piperidine rings is 1. The lowest BCUT2D eigenvalue weighted by atomic mass is 9.97. The number of carbonyl (C=O) groups is 1. The van der Waals surface area contributed by atoms with Gasteiger partial charge in [0.1, 0.15) is 11.6 Å². The van der Waals surface area contributed by atoms with Crippen molar-refractivity contribution >= 4 is 34.9 Å². The molecule has 0 radical (unpaired) electrons. The number of rotatable bonds is 3. The van der Waals surface area contributed by atoms with E-state index in [4.69, 9.17) is 4.98 Å². The van der Waals surface area contributed by atoms with Crippen molar-refractivity contribution in [3.05, 3.63) is 30.5 Å². The van der Waals surface area contributed by atoms with E-state index in [9.17, 15) is 18.0 Å². The molecule has 8 nitrogen and oxygen atoms in total. The summed E-state index contributed by atoms with van der Waals surface area (Å²) in [6, 6.07) is 6.82. The highest BCUT2D eigenvalue weighted by Gasteiger charge is 2.43. The van der Waals surface area contributed by atoms with Crippen molar-refractivity contribution in [1.29, 1.82) is 0 Å². The highest BCUT2D eigenvalue weighted by Crippen LogP contribution is 2.41. The molecule has 2 aromatic heterocycles. The van der Waals surface area contributed by atoms with Crippen LogP contribution in [0.25, 0.3) is 0 Å². The van der Waals surface area contributed by atoms with Crippen LogP contribution < -0.4 is 24.9 Å². The number of hydrogen-bond acceptors (Lipinski definition) is 6. The Balaban J connectivity index is 1.43. The molecule has 0 spiro atoms. The molecule has 2 aromatic rings.